The topological polar surface area (TPSA) is 67.1 Å². The number of carbonyl (C=O) groups excluding carboxylic acids is 2. The van der Waals surface area contributed by atoms with Crippen LogP contribution in [0.25, 0.3) is 0 Å². The van der Waals surface area contributed by atoms with Gasteiger partial charge < -0.3 is 15.1 Å². The average Bonchev–Trinajstić information content (AvgIpc) is 2.58. The molecule has 0 radical (unpaired) electrons. The molecule has 3 amide bonds. The minimum Gasteiger partial charge on any atom is -0.335 e. The van der Waals surface area contributed by atoms with Gasteiger partial charge in [0.05, 0.1) is 0 Å². The first-order chi connectivity index (χ1) is 12.0. The molecule has 0 spiro atoms. The molecule has 1 atom stereocenters. The molecule has 1 aromatic rings. The molecule has 1 aromatic carbocycles. The number of carbonyl (C=O) groups is 2. The van der Waals surface area contributed by atoms with Gasteiger partial charge in [-0.3, -0.25) is 10.1 Å². The lowest BCUT2D eigenvalue weighted by Gasteiger charge is -2.29. The maximum atomic E-state index is 12.0. The molecular weight excluding hydrogens is 316 g/mol. The van der Waals surface area contributed by atoms with Crippen LogP contribution in [0.2, 0.25) is 0 Å². The van der Waals surface area contributed by atoms with Crippen LogP contribution in [0.1, 0.15) is 31.4 Å². The van der Waals surface area contributed by atoms with E-state index in [0.29, 0.717) is 6.54 Å². The number of hydrogen-bond acceptors (Lipinski definition) is 2. The molecule has 2 rings (SSSR count). The normalized spacial score (nSPS) is 21.4. The maximum absolute atomic E-state index is 12.0. The fourth-order valence-corrected chi connectivity index (χ4v) is 3.15. The molecule has 6 heteroatoms. The Bertz CT molecular complexity index is 583. The van der Waals surface area contributed by atoms with Crippen LogP contribution in [0.5, 0.6) is 0 Å². The second-order valence-electron chi connectivity index (χ2n) is 7.11. The van der Waals surface area contributed by atoms with Gasteiger partial charge in [0.15, 0.2) is 6.54 Å². The second-order valence-corrected chi connectivity index (χ2v) is 7.11. The van der Waals surface area contributed by atoms with Gasteiger partial charge in [-0.25, -0.2) is 4.79 Å². The van der Waals surface area contributed by atoms with Gasteiger partial charge in [-0.2, -0.15) is 0 Å². The first kappa shape index (κ1) is 19.4. The van der Waals surface area contributed by atoms with E-state index in [0.717, 1.165) is 39.1 Å². The number of rotatable bonds is 6. The minimum absolute atomic E-state index is 0.0775. The molecule has 6 nitrogen and oxygen atoms in total. The van der Waals surface area contributed by atoms with Crippen molar-refractivity contribution in [2.45, 2.75) is 39.8 Å². The molecule has 4 N–H and O–H groups in total. The Balaban J connectivity index is 1.70. The van der Waals surface area contributed by atoms with Crippen LogP contribution >= 0.6 is 0 Å². The molecular formula is C19H32N4O2+2. The highest BCUT2D eigenvalue weighted by Crippen LogP contribution is 2.04. The second kappa shape index (κ2) is 9.53. The predicted octanol–water partition coefficient (Wildman–Crippen LogP) is -1.10. The van der Waals surface area contributed by atoms with Crippen molar-refractivity contribution < 1.29 is 19.4 Å². The molecule has 1 fully saturated rings. The van der Waals surface area contributed by atoms with Crippen LogP contribution in [-0.4, -0.2) is 50.7 Å². The Morgan fingerprint density at radius 2 is 1.76 bits per heavy atom. The number of amides is 3. The van der Waals surface area contributed by atoms with Gasteiger partial charge in [0.25, 0.3) is 5.91 Å². The number of urea groups is 1. The summed E-state index contributed by atoms with van der Waals surface area (Å²) in [6, 6.07) is 8.22. The Morgan fingerprint density at radius 3 is 2.40 bits per heavy atom. The van der Waals surface area contributed by atoms with Gasteiger partial charge in [-0.1, -0.05) is 31.2 Å². The summed E-state index contributed by atoms with van der Waals surface area (Å²) >= 11 is 0. The Morgan fingerprint density at radius 1 is 1.12 bits per heavy atom. The third-order valence-corrected chi connectivity index (χ3v) is 5.02. The van der Waals surface area contributed by atoms with Crippen LogP contribution in [0.15, 0.2) is 24.3 Å². The Hall–Kier alpha value is -1.92. The lowest BCUT2D eigenvalue weighted by Crippen LogP contribution is -3.28. The van der Waals surface area contributed by atoms with Crippen LogP contribution in [0.3, 0.4) is 0 Å². The van der Waals surface area contributed by atoms with Crippen LogP contribution < -0.4 is 20.4 Å². The highest BCUT2D eigenvalue weighted by atomic mass is 16.2. The van der Waals surface area contributed by atoms with Crippen molar-refractivity contribution in [1.29, 1.82) is 0 Å². The van der Waals surface area contributed by atoms with E-state index in [2.05, 4.69) is 41.8 Å². The van der Waals surface area contributed by atoms with E-state index in [1.807, 2.05) is 13.8 Å². The highest BCUT2D eigenvalue weighted by molar-refractivity contribution is 5.94. The van der Waals surface area contributed by atoms with Crippen molar-refractivity contribution in [3.63, 3.8) is 0 Å². The first-order valence-corrected chi connectivity index (χ1v) is 9.30. The number of hydrogen-bond donors (Lipinski definition) is 4. The van der Waals surface area contributed by atoms with Crippen molar-refractivity contribution in [3.8, 4) is 0 Å². The van der Waals surface area contributed by atoms with Gasteiger partial charge >= 0.3 is 6.03 Å². The molecule has 1 aliphatic rings. The summed E-state index contributed by atoms with van der Waals surface area (Å²) in [5, 5.41) is 5.19. The number of nitrogens with one attached hydrogen (secondary N) is 4. The molecule has 138 valence electrons. The molecule has 0 saturated carbocycles. The summed E-state index contributed by atoms with van der Waals surface area (Å²) in [6.45, 7) is 11.5. The Labute approximate surface area is 150 Å². The summed E-state index contributed by atoms with van der Waals surface area (Å²) < 4.78 is 0. The average molecular weight is 348 g/mol. The summed E-state index contributed by atoms with van der Waals surface area (Å²) in [5.74, 6) is -0.196. The zero-order valence-corrected chi connectivity index (χ0v) is 15.7. The molecule has 1 heterocycles. The third kappa shape index (κ3) is 6.48. The number of benzene rings is 1. The van der Waals surface area contributed by atoms with Crippen molar-refractivity contribution in [1.82, 2.24) is 10.6 Å². The van der Waals surface area contributed by atoms with Gasteiger partial charge in [-0.15, -0.1) is 0 Å². The van der Waals surface area contributed by atoms with E-state index in [4.69, 9.17) is 0 Å². The van der Waals surface area contributed by atoms with E-state index < -0.39 is 0 Å². The molecule has 0 aromatic heterocycles. The zero-order valence-electron chi connectivity index (χ0n) is 15.7. The lowest BCUT2D eigenvalue weighted by molar-refractivity contribution is -1.02. The van der Waals surface area contributed by atoms with Crippen LogP contribution in [0, 0.1) is 6.92 Å². The van der Waals surface area contributed by atoms with E-state index in [-0.39, 0.29) is 18.0 Å². The lowest BCUT2D eigenvalue weighted by atomic mass is 10.1. The van der Waals surface area contributed by atoms with E-state index in [1.54, 1.807) is 4.90 Å². The largest absolute Gasteiger partial charge is 0.335 e. The van der Waals surface area contributed by atoms with Gasteiger partial charge in [0.2, 0.25) is 0 Å². The quantitative estimate of drug-likeness (QED) is 0.527. The van der Waals surface area contributed by atoms with Crippen LogP contribution in [0.4, 0.5) is 4.79 Å². The fourth-order valence-electron chi connectivity index (χ4n) is 3.15. The highest BCUT2D eigenvalue weighted by Gasteiger charge is 2.25. The molecule has 0 bridgehead atoms. The molecule has 0 aliphatic carbocycles. The van der Waals surface area contributed by atoms with Crippen molar-refractivity contribution in [2.75, 3.05) is 32.7 Å². The molecule has 1 aliphatic heterocycles. The summed E-state index contributed by atoms with van der Waals surface area (Å²) in [4.78, 5) is 26.5. The molecule has 1 saturated heterocycles. The number of piperazine rings is 1. The third-order valence-electron chi connectivity index (χ3n) is 5.02. The monoisotopic (exact) mass is 348 g/mol. The number of quaternary nitrogens is 2. The van der Waals surface area contributed by atoms with Crippen molar-refractivity contribution in [2.24, 2.45) is 0 Å². The first-order valence-electron chi connectivity index (χ1n) is 9.30. The van der Waals surface area contributed by atoms with Crippen molar-refractivity contribution in [3.05, 3.63) is 35.4 Å². The van der Waals surface area contributed by atoms with Crippen LogP contribution in [-0.2, 0) is 11.3 Å². The standard InChI is InChI=1S/C19H30N4O2/c1-4-16(3)20-19(25)21-18(24)14-23-11-9-22(10-12-23)13-17-8-6-5-7-15(17)2/h5-8,16H,4,9-14H2,1-3H3,(H2,20,21,24,25)/p+2/t16-/m0/s1. The zero-order chi connectivity index (χ0) is 18.2. The molecule has 0 unspecified atom stereocenters. The van der Waals surface area contributed by atoms with Gasteiger partial charge in [0, 0.05) is 11.6 Å². The van der Waals surface area contributed by atoms with E-state index >= 15 is 0 Å². The summed E-state index contributed by atoms with van der Waals surface area (Å²) in [6.07, 6.45) is 0.846. The fraction of sp³-hybridized carbons (Fsp3) is 0.579. The predicted molar refractivity (Wildman–Crippen MR) is 97.6 cm³/mol. The van der Waals surface area contributed by atoms with Gasteiger partial charge in [0.1, 0.15) is 32.7 Å². The van der Waals surface area contributed by atoms with E-state index in [1.165, 1.54) is 16.0 Å². The van der Waals surface area contributed by atoms with Gasteiger partial charge in [-0.05, 0) is 25.8 Å². The maximum Gasteiger partial charge on any atom is 0.321 e. The van der Waals surface area contributed by atoms with Crippen molar-refractivity contribution >= 4 is 11.9 Å². The number of imide groups is 1. The number of aryl methyl sites for hydroxylation is 1. The SMILES string of the molecule is CC[C@H](C)NC(=O)NC(=O)C[NH+]1CC[NH+](Cc2ccccc2C)CC1. The van der Waals surface area contributed by atoms with E-state index in [9.17, 15) is 9.59 Å². The minimum atomic E-state index is -0.387. The summed E-state index contributed by atoms with van der Waals surface area (Å²) in [7, 11) is 0. The Kier molecular flexibility index (Phi) is 7.40. The summed E-state index contributed by atoms with van der Waals surface area (Å²) in [5.41, 5.74) is 2.75. The smallest absolute Gasteiger partial charge is 0.321 e. The molecule has 25 heavy (non-hydrogen) atoms.